The maximum Gasteiger partial charge on any atom is 0.146 e. The molecule has 20 heavy (non-hydrogen) atoms. The van der Waals surface area contributed by atoms with Crippen molar-refractivity contribution in [1.29, 1.82) is 0 Å². The van der Waals surface area contributed by atoms with Gasteiger partial charge in [-0.15, -0.1) is 0 Å². The van der Waals surface area contributed by atoms with Gasteiger partial charge in [0.15, 0.2) is 0 Å². The van der Waals surface area contributed by atoms with E-state index in [0.29, 0.717) is 5.75 Å². The summed E-state index contributed by atoms with van der Waals surface area (Å²) in [7, 11) is 0. The van der Waals surface area contributed by atoms with E-state index in [1.54, 1.807) is 12.3 Å². The Labute approximate surface area is 115 Å². The zero-order chi connectivity index (χ0) is 13.9. The Hall–Kier alpha value is -2.62. The smallest absolute Gasteiger partial charge is 0.146 e. The summed E-state index contributed by atoms with van der Waals surface area (Å²) in [6.45, 7) is 0.271. The van der Waals surface area contributed by atoms with Gasteiger partial charge in [0.1, 0.15) is 23.7 Å². The molecular weight excluding hydrogens is 255 g/mol. The summed E-state index contributed by atoms with van der Waals surface area (Å²) >= 11 is 0. The molecule has 3 aromatic rings. The first kappa shape index (κ1) is 12.4. The average molecular weight is 268 g/mol. The lowest BCUT2D eigenvalue weighted by Gasteiger charge is -2.09. The summed E-state index contributed by atoms with van der Waals surface area (Å²) in [6.07, 6.45) is 1.72. The molecule has 2 N–H and O–H groups in total. The van der Waals surface area contributed by atoms with Crippen molar-refractivity contribution < 1.29 is 9.13 Å². The predicted octanol–water partition coefficient (Wildman–Crippen LogP) is 3.54. The lowest BCUT2D eigenvalue weighted by atomic mass is 10.2. The van der Waals surface area contributed by atoms with Crippen LogP contribution < -0.4 is 10.5 Å². The highest BCUT2D eigenvalue weighted by molar-refractivity contribution is 5.84. The highest BCUT2D eigenvalue weighted by Crippen LogP contribution is 2.24. The number of para-hydroxylation sites is 1. The van der Waals surface area contributed by atoms with Gasteiger partial charge in [-0.1, -0.05) is 24.3 Å². The minimum atomic E-state index is -0.429. The zero-order valence-corrected chi connectivity index (χ0v) is 10.7. The molecule has 0 fully saturated rings. The number of pyridine rings is 1. The van der Waals surface area contributed by atoms with E-state index in [-0.39, 0.29) is 12.3 Å². The van der Waals surface area contributed by atoms with Crippen molar-refractivity contribution in [2.75, 3.05) is 5.73 Å². The van der Waals surface area contributed by atoms with Crippen LogP contribution in [-0.4, -0.2) is 4.98 Å². The molecule has 0 atom stereocenters. The van der Waals surface area contributed by atoms with Crippen LogP contribution in [0.4, 0.5) is 10.1 Å². The first-order valence-electron chi connectivity index (χ1n) is 6.24. The number of aromatic nitrogens is 1. The summed E-state index contributed by atoms with van der Waals surface area (Å²) in [4.78, 5) is 4.31. The van der Waals surface area contributed by atoms with Gasteiger partial charge in [-0.3, -0.25) is 4.98 Å². The number of ether oxygens (including phenoxy) is 1. The van der Waals surface area contributed by atoms with Crippen LogP contribution in [0.5, 0.6) is 5.75 Å². The van der Waals surface area contributed by atoms with Gasteiger partial charge in [0.25, 0.3) is 0 Å². The highest BCUT2D eigenvalue weighted by atomic mass is 19.1. The van der Waals surface area contributed by atoms with Crippen molar-refractivity contribution in [3.05, 3.63) is 66.1 Å². The van der Waals surface area contributed by atoms with E-state index in [4.69, 9.17) is 10.5 Å². The molecule has 0 saturated heterocycles. The monoisotopic (exact) mass is 268 g/mol. The van der Waals surface area contributed by atoms with E-state index in [2.05, 4.69) is 4.98 Å². The minimum Gasteiger partial charge on any atom is -0.487 e. The second-order valence-electron chi connectivity index (χ2n) is 4.48. The van der Waals surface area contributed by atoms with Crippen molar-refractivity contribution in [1.82, 2.24) is 4.98 Å². The third kappa shape index (κ3) is 2.40. The van der Waals surface area contributed by atoms with Crippen LogP contribution in [0.15, 0.2) is 54.7 Å². The fourth-order valence-electron chi connectivity index (χ4n) is 2.01. The molecule has 0 saturated carbocycles. The van der Waals surface area contributed by atoms with Crippen LogP contribution in [0.2, 0.25) is 0 Å². The van der Waals surface area contributed by atoms with Crippen LogP contribution in [0.25, 0.3) is 10.9 Å². The van der Waals surface area contributed by atoms with Crippen molar-refractivity contribution in [2.45, 2.75) is 6.61 Å². The summed E-state index contributed by atoms with van der Waals surface area (Å²) in [5.41, 5.74) is 7.11. The maximum absolute atomic E-state index is 13.4. The Bertz CT molecular complexity index is 753. The zero-order valence-electron chi connectivity index (χ0n) is 10.7. The third-order valence-corrected chi connectivity index (χ3v) is 3.05. The Kier molecular flexibility index (Phi) is 3.21. The summed E-state index contributed by atoms with van der Waals surface area (Å²) in [6, 6.07) is 14.2. The molecule has 0 amide bonds. The molecule has 0 aliphatic heterocycles. The molecule has 4 heteroatoms. The van der Waals surface area contributed by atoms with E-state index in [0.717, 1.165) is 16.5 Å². The number of fused-ring (bicyclic) bond motifs is 1. The normalized spacial score (nSPS) is 10.7. The Morgan fingerprint density at radius 2 is 1.95 bits per heavy atom. The number of benzene rings is 2. The van der Waals surface area contributed by atoms with Crippen LogP contribution in [0.3, 0.4) is 0 Å². The average Bonchev–Trinajstić information content (AvgIpc) is 2.48. The summed E-state index contributed by atoms with van der Waals surface area (Å²) in [5, 5.41) is 1.01. The number of halogens is 1. The van der Waals surface area contributed by atoms with Gasteiger partial charge in [0, 0.05) is 11.6 Å². The molecule has 3 rings (SSSR count). The van der Waals surface area contributed by atoms with Gasteiger partial charge in [-0.25, -0.2) is 4.39 Å². The number of rotatable bonds is 3. The van der Waals surface area contributed by atoms with E-state index in [9.17, 15) is 4.39 Å². The topological polar surface area (TPSA) is 48.1 Å². The number of hydrogen-bond donors (Lipinski definition) is 1. The molecule has 0 bridgehead atoms. The van der Waals surface area contributed by atoms with Gasteiger partial charge < -0.3 is 10.5 Å². The maximum atomic E-state index is 13.4. The molecule has 0 radical (unpaired) electrons. The number of nitrogen functional groups attached to an aromatic ring is 1. The lowest BCUT2D eigenvalue weighted by molar-refractivity contribution is 0.309. The van der Waals surface area contributed by atoms with Gasteiger partial charge in [-0.2, -0.15) is 0 Å². The summed E-state index contributed by atoms with van der Waals surface area (Å²) < 4.78 is 19.1. The Morgan fingerprint density at radius 1 is 1.10 bits per heavy atom. The number of nitrogens with zero attached hydrogens (tertiary/aromatic N) is 1. The van der Waals surface area contributed by atoms with Gasteiger partial charge in [-0.05, 0) is 29.8 Å². The molecule has 2 aromatic carbocycles. The SMILES string of the molecule is Nc1ccc(COc2cccc3cccnc23)cc1F. The molecule has 100 valence electrons. The van der Waals surface area contributed by atoms with E-state index < -0.39 is 5.82 Å². The molecule has 3 nitrogen and oxygen atoms in total. The van der Waals surface area contributed by atoms with Crippen LogP contribution in [-0.2, 0) is 6.61 Å². The standard InChI is InChI=1S/C16H13FN2O/c17-13-9-11(6-7-14(13)18)10-20-15-5-1-3-12-4-2-8-19-16(12)15/h1-9H,10,18H2. The van der Waals surface area contributed by atoms with E-state index >= 15 is 0 Å². The number of anilines is 1. The van der Waals surface area contributed by atoms with Crippen molar-refractivity contribution in [2.24, 2.45) is 0 Å². The van der Waals surface area contributed by atoms with Crippen LogP contribution >= 0.6 is 0 Å². The second kappa shape index (κ2) is 5.17. The third-order valence-electron chi connectivity index (χ3n) is 3.05. The minimum absolute atomic E-state index is 0.139. The van der Waals surface area contributed by atoms with Gasteiger partial charge in [0.05, 0.1) is 5.69 Å². The van der Waals surface area contributed by atoms with Crippen molar-refractivity contribution in [3.63, 3.8) is 0 Å². The van der Waals surface area contributed by atoms with Crippen molar-refractivity contribution >= 4 is 16.6 Å². The van der Waals surface area contributed by atoms with Gasteiger partial charge in [0.2, 0.25) is 0 Å². The molecule has 0 aliphatic carbocycles. The predicted molar refractivity (Wildman–Crippen MR) is 76.9 cm³/mol. The molecule has 1 heterocycles. The largest absolute Gasteiger partial charge is 0.487 e. The summed E-state index contributed by atoms with van der Waals surface area (Å²) in [5.74, 6) is 0.252. The van der Waals surface area contributed by atoms with E-state index in [1.165, 1.54) is 12.1 Å². The van der Waals surface area contributed by atoms with Crippen LogP contribution in [0, 0.1) is 5.82 Å². The fraction of sp³-hybridized carbons (Fsp3) is 0.0625. The van der Waals surface area contributed by atoms with Crippen LogP contribution in [0.1, 0.15) is 5.56 Å². The number of hydrogen-bond acceptors (Lipinski definition) is 3. The van der Waals surface area contributed by atoms with Crippen molar-refractivity contribution in [3.8, 4) is 5.75 Å². The molecule has 1 aromatic heterocycles. The highest BCUT2D eigenvalue weighted by Gasteiger charge is 2.04. The lowest BCUT2D eigenvalue weighted by Crippen LogP contribution is -1.99. The first-order chi connectivity index (χ1) is 9.74. The molecule has 0 unspecified atom stereocenters. The number of nitrogens with two attached hydrogens (primary N) is 1. The quantitative estimate of drug-likeness (QED) is 0.739. The first-order valence-corrected chi connectivity index (χ1v) is 6.24. The molecule has 0 spiro atoms. The fourth-order valence-corrected chi connectivity index (χ4v) is 2.01. The van der Waals surface area contributed by atoms with Gasteiger partial charge >= 0.3 is 0 Å². The Morgan fingerprint density at radius 3 is 2.80 bits per heavy atom. The molecule has 0 aliphatic rings. The molecular formula is C16H13FN2O. The second-order valence-corrected chi connectivity index (χ2v) is 4.48. The Balaban J connectivity index is 1.85. The van der Waals surface area contributed by atoms with E-state index in [1.807, 2.05) is 30.3 Å².